The lowest BCUT2D eigenvalue weighted by atomic mass is 9.94. The molecule has 32 heavy (non-hydrogen) atoms. The van der Waals surface area contributed by atoms with Gasteiger partial charge in [-0.2, -0.15) is 0 Å². The van der Waals surface area contributed by atoms with Gasteiger partial charge < -0.3 is 19.7 Å². The molecule has 0 spiro atoms. The number of rotatable bonds is 9. The molecule has 2 heterocycles. The molecule has 6 heteroatoms. The Morgan fingerprint density at radius 3 is 2.69 bits per heavy atom. The first-order valence-corrected chi connectivity index (χ1v) is 11.8. The molecule has 0 aliphatic carbocycles. The van der Waals surface area contributed by atoms with Crippen molar-refractivity contribution in [2.45, 2.75) is 39.2 Å². The molecule has 2 aliphatic rings. The van der Waals surface area contributed by atoms with E-state index >= 15 is 0 Å². The second-order valence-electron chi connectivity index (χ2n) is 8.77. The van der Waals surface area contributed by atoms with Crippen LogP contribution in [-0.4, -0.2) is 57.1 Å². The van der Waals surface area contributed by atoms with Crippen molar-refractivity contribution >= 4 is 17.7 Å². The van der Waals surface area contributed by atoms with Gasteiger partial charge in [0.25, 0.3) is 0 Å². The fraction of sp³-hybridized carbons (Fsp3) is 0.500. The van der Waals surface area contributed by atoms with E-state index in [9.17, 15) is 9.18 Å². The van der Waals surface area contributed by atoms with Crippen LogP contribution < -0.4 is 10.2 Å². The minimum absolute atomic E-state index is 0.256. The molecular weight excluding hydrogens is 405 g/mol. The Bertz CT molecular complexity index is 928. The molecular formula is C26H34FN3O2. The number of hydrogen-bond donors (Lipinski definition) is 1. The van der Waals surface area contributed by atoms with Crippen molar-refractivity contribution in [3.63, 3.8) is 0 Å². The molecule has 0 unspecified atom stereocenters. The van der Waals surface area contributed by atoms with Gasteiger partial charge in [-0.15, -0.1) is 0 Å². The van der Waals surface area contributed by atoms with Gasteiger partial charge in [-0.1, -0.05) is 18.2 Å². The van der Waals surface area contributed by atoms with Crippen LogP contribution in [-0.2, 0) is 28.9 Å². The number of ether oxygens (including phenoxy) is 1. The Labute approximate surface area is 190 Å². The molecule has 2 aromatic carbocycles. The van der Waals surface area contributed by atoms with Crippen molar-refractivity contribution in [1.82, 2.24) is 4.90 Å². The number of nitrogens with zero attached hydrogens (tertiary/aromatic N) is 2. The number of hydrogen-bond acceptors (Lipinski definition) is 5. The topological polar surface area (TPSA) is 44.8 Å². The number of carbonyl (C=O) groups is 1. The van der Waals surface area contributed by atoms with Crippen molar-refractivity contribution in [2.24, 2.45) is 0 Å². The Hall–Kier alpha value is -2.44. The molecule has 2 aromatic rings. The number of benzene rings is 2. The third kappa shape index (κ3) is 5.48. The van der Waals surface area contributed by atoms with E-state index in [0.717, 1.165) is 64.3 Å². The zero-order valence-corrected chi connectivity index (χ0v) is 19.0. The maximum Gasteiger partial charge on any atom is 0.128 e. The van der Waals surface area contributed by atoms with Crippen LogP contribution in [0.1, 0.15) is 35.1 Å². The lowest BCUT2D eigenvalue weighted by Gasteiger charge is -2.36. The fourth-order valence-electron chi connectivity index (χ4n) is 4.79. The molecule has 2 aliphatic heterocycles. The number of fused-ring (bicyclic) bond motifs is 1. The van der Waals surface area contributed by atoms with Crippen LogP contribution in [0.2, 0.25) is 0 Å². The van der Waals surface area contributed by atoms with Crippen LogP contribution in [0.5, 0.6) is 0 Å². The van der Waals surface area contributed by atoms with Crippen molar-refractivity contribution in [3.05, 3.63) is 58.4 Å². The van der Waals surface area contributed by atoms with E-state index in [-0.39, 0.29) is 5.82 Å². The predicted octanol–water partition coefficient (Wildman–Crippen LogP) is 3.96. The van der Waals surface area contributed by atoms with Gasteiger partial charge in [0.15, 0.2) is 0 Å². The molecule has 172 valence electrons. The minimum Gasteiger partial charge on any atom is -0.381 e. The molecule has 4 rings (SSSR count). The number of nitrogens with one attached hydrogen (secondary N) is 1. The van der Waals surface area contributed by atoms with Crippen LogP contribution in [0.3, 0.4) is 0 Å². The summed E-state index contributed by atoms with van der Waals surface area (Å²) in [6.45, 7) is 9.80. The third-order valence-electron chi connectivity index (χ3n) is 6.67. The summed E-state index contributed by atoms with van der Waals surface area (Å²) >= 11 is 0. The second-order valence-corrected chi connectivity index (χ2v) is 8.77. The molecule has 0 saturated carbocycles. The van der Waals surface area contributed by atoms with E-state index in [1.165, 1.54) is 34.9 Å². The van der Waals surface area contributed by atoms with Crippen LogP contribution in [0.4, 0.5) is 15.8 Å². The quantitative estimate of drug-likeness (QED) is 0.599. The summed E-state index contributed by atoms with van der Waals surface area (Å²) in [7, 11) is 0. The lowest BCUT2D eigenvalue weighted by molar-refractivity contribution is -0.107. The zero-order valence-electron chi connectivity index (χ0n) is 19.0. The maximum absolute atomic E-state index is 14.3. The second kappa shape index (κ2) is 10.9. The van der Waals surface area contributed by atoms with Gasteiger partial charge in [-0.05, 0) is 60.6 Å². The molecule has 0 bridgehead atoms. The Balaban J connectivity index is 1.43. The highest BCUT2D eigenvalue weighted by Gasteiger charge is 2.21. The van der Waals surface area contributed by atoms with Crippen molar-refractivity contribution in [1.29, 1.82) is 0 Å². The molecule has 0 aromatic heterocycles. The average molecular weight is 440 g/mol. The minimum atomic E-state index is -0.256. The summed E-state index contributed by atoms with van der Waals surface area (Å²) in [6.07, 6.45) is 3.95. The third-order valence-corrected chi connectivity index (χ3v) is 6.67. The van der Waals surface area contributed by atoms with Crippen LogP contribution in [0, 0.1) is 12.7 Å². The number of aldehydes is 1. The van der Waals surface area contributed by atoms with Gasteiger partial charge in [0, 0.05) is 57.1 Å². The van der Waals surface area contributed by atoms with E-state index < -0.39 is 0 Å². The summed E-state index contributed by atoms with van der Waals surface area (Å²) in [5.74, 6) is -0.256. The first kappa shape index (κ1) is 22.7. The van der Waals surface area contributed by atoms with Gasteiger partial charge in [-0.25, -0.2) is 4.39 Å². The lowest BCUT2D eigenvalue weighted by Crippen LogP contribution is -2.42. The number of anilines is 2. The number of halogens is 1. The summed E-state index contributed by atoms with van der Waals surface area (Å²) in [6, 6.07) is 9.67. The smallest absolute Gasteiger partial charge is 0.128 e. The van der Waals surface area contributed by atoms with Crippen LogP contribution in [0.15, 0.2) is 30.3 Å². The van der Waals surface area contributed by atoms with Gasteiger partial charge in [-0.3, -0.25) is 4.90 Å². The molecule has 0 radical (unpaired) electrons. The standard InChI is InChI=1S/C26H34FN3O2/c1-20-23(19-28-24-9-8-21(5-3-15-31)25(27)18-24)7-6-22-4-2-10-30(26(20)22)12-11-29-13-16-32-17-14-29/h6-9,15,18,28H,2-5,10-14,16-17,19H2,1H3. The summed E-state index contributed by atoms with van der Waals surface area (Å²) in [5, 5.41) is 3.38. The Kier molecular flexibility index (Phi) is 7.76. The van der Waals surface area contributed by atoms with Crippen molar-refractivity contribution in [3.8, 4) is 0 Å². The summed E-state index contributed by atoms with van der Waals surface area (Å²) in [5.41, 5.74) is 6.73. The highest BCUT2D eigenvalue weighted by atomic mass is 19.1. The highest BCUT2D eigenvalue weighted by Crippen LogP contribution is 2.33. The molecule has 1 N–H and O–H groups in total. The molecule has 0 amide bonds. The molecule has 1 saturated heterocycles. The maximum atomic E-state index is 14.3. The predicted molar refractivity (Wildman–Crippen MR) is 127 cm³/mol. The monoisotopic (exact) mass is 439 g/mol. The number of aryl methyl sites for hydroxylation is 2. The van der Waals surface area contributed by atoms with Gasteiger partial charge >= 0.3 is 0 Å². The number of morpholine rings is 1. The normalized spacial score (nSPS) is 16.6. The Morgan fingerprint density at radius 2 is 1.91 bits per heavy atom. The van der Waals surface area contributed by atoms with E-state index in [1.54, 1.807) is 6.07 Å². The van der Waals surface area contributed by atoms with E-state index in [4.69, 9.17) is 4.74 Å². The van der Waals surface area contributed by atoms with Gasteiger partial charge in [0.05, 0.1) is 13.2 Å². The fourth-order valence-corrected chi connectivity index (χ4v) is 4.79. The average Bonchev–Trinajstić information content (AvgIpc) is 2.82. The summed E-state index contributed by atoms with van der Waals surface area (Å²) in [4.78, 5) is 15.6. The number of carbonyl (C=O) groups excluding carboxylic acids is 1. The molecule has 0 atom stereocenters. The first-order chi connectivity index (χ1) is 15.7. The first-order valence-electron chi connectivity index (χ1n) is 11.8. The SMILES string of the molecule is Cc1c(CNc2ccc(CCC=O)c(F)c2)ccc2c1N(CCN1CCOCC1)CCC2. The van der Waals surface area contributed by atoms with E-state index in [0.29, 0.717) is 24.9 Å². The van der Waals surface area contributed by atoms with Crippen LogP contribution >= 0.6 is 0 Å². The highest BCUT2D eigenvalue weighted by molar-refractivity contribution is 5.64. The van der Waals surface area contributed by atoms with Crippen molar-refractivity contribution < 1.29 is 13.9 Å². The largest absolute Gasteiger partial charge is 0.381 e. The van der Waals surface area contributed by atoms with E-state index in [2.05, 4.69) is 34.2 Å². The molecule has 5 nitrogen and oxygen atoms in total. The summed E-state index contributed by atoms with van der Waals surface area (Å²) < 4.78 is 19.8. The van der Waals surface area contributed by atoms with Gasteiger partial charge in [0.2, 0.25) is 0 Å². The van der Waals surface area contributed by atoms with E-state index in [1.807, 2.05) is 6.07 Å². The molecule has 1 fully saturated rings. The van der Waals surface area contributed by atoms with Crippen molar-refractivity contribution in [2.75, 3.05) is 56.2 Å². The van der Waals surface area contributed by atoms with Crippen LogP contribution in [0.25, 0.3) is 0 Å². The zero-order chi connectivity index (χ0) is 22.3. The van der Waals surface area contributed by atoms with Gasteiger partial charge in [0.1, 0.15) is 12.1 Å². The Morgan fingerprint density at radius 1 is 1.09 bits per heavy atom.